The first-order valence-electron chi connectivity index (χ1n) is 8.72. The molecule has 3 amide bonds. The molecule has 2 aliphatic rings. The Morgan fingerprint density at radius 2 is 2.15 bits per heavy atom. The van der Waals surface area contributed by atoms with E-state index >= 15 is 0 Å². The van der Waals surface area contributed by atoms with E-state index in [4.69, 9.17) is 5.73 Å². The standard InChI is InChI=1S/C18H24N4O4/c1-21(10-13(23)7-19)8-11-2-3-12-9-22(18(26)14(12)6-11)15-4-5-16(24)20-17(15)25/h2-3,6,13,15,23H,4-5,7-10,19H2,1H3,(H,20,24,25). The van der Waals surface area contributed by atoms with E-state index in [9.17, 15) is 19.5 Å². The highest BCUT2D eigenvalue weighted by Crippen LogP contribution is 2.28. The number of carbonyl (C=O) groups is 3. The predicted molar refractivity (Wildman–Crippen MR) is 93.9 cm³/mol. The number of amides is 3. The van der Waals surface area contributed by atoms with Crippen LogP contribution in [0.25, 0.3) is 0 Å². The number of carbonyl (C=O) groups excluding carboxylic acids is 3. The number of rotatable bonds is 6. The van der Waals surface area contributed by atoms with E-state index in [0.29, 0.717) is 31.6 Å². The number of nitrogens with one attached hydrogen (secondary N) is 1. The highest BCUT2D eigenvalue weighted by Gasteiger charge is 2.39. The first-order valence-corrected chi connectivity index (χ1v) is 8.72. The van der Waals surface area contributed by atoms with Crippen molar-refractivity contribution in [1.82, 2.24) is 15.1 Å². The molecular weight excluding hydrogens is 336 g/mol. The number of fused-ring (bicyclic) bond motifs is 1. The minimum absolute atomic E-state index is 0.180. The second kappa shape index (κ2) is 7.53. The van der Waals surface area contributed by atoms with Crippen LogP contribution >= 0.6 is 0 Å². The maximum atomic E-state index is 12.8. The number of benzene rings is 1. The summed E-state index contributed by atoms with van der Waals surface area (Å²) in [6.45, 7) is 1.61. The zero-order valence-electron chi connectivity index (χ0n) is 14.8. The molecular formula is C18H24N4O4. The lowest BCUT2D eigenvalue weighted by Gasteiger charge is -2.29. The number of nitrogens with zero attached hydrogens (tertiary/aromatic N) is 2. The second-order valence-electron chi connectivity index (χ2n) is 6.98. The van der Waals surface area contributed by atoms with Gasteiger partial charge in [-0.2, -0.15) is 0 Å². The van der Waals surface area contributed by atoms with E-state index in [2.05, 4.69) is 5.32 Å². The molecule has 8 heteroatoms. The maximum Gasteiger partial charge on any atom is 0.255 e. The molecule has 8 nitrogen and oxygen atoms in total. The molecule has 0 saturated carbocycles. The molecule has 3 rings (SSSR count). The quantitative estimate of drug-likeness (QED) is 0.572. The number of hydrogen-bond donors (Lipinski definition) is 3. The molecule has 140 valence electrons. The Morgan fingerprint density at radius 3 is 2.85 bits per heavy atom. The highest BCUT2D eigenvalue weighted by molar-refractivity contribution is 6.05. The van der Waals surface area contributed by atoms with Gasteiger partial charge in [-0.3, -0.25) is 24.6 Å². The van der Waals surface area contributed by atoms with E-state index in [-0.39, 0.29) is 24.8 Å². The molecule has 0 aliphatic carbocycles. The van der Waals surface area contributed by atoms with Gasteiger partial charge in [0.25, 0.3) is 5.91 Å². The fraction of sp³-hybridized carbons (Fsp3) is 0.500. The summed E-state index contributed by atoms with van der Waals surface area (Å²) in [5.74, 6) is -0.875. The van der Waals surface area contributed by atoms with Gasteiger partial charge in [-0.05, 0) is 30.7 Å². The topological polar surface area (TPSA) is 116 Å². The highest BCUT2D eigenvalue weighted by atomic mass is 16.3. The van der Waals surface area contributed by atoms with Crippen LogP contribution < -0.4 is 11.1 Å². The zero-order chi connectivity index (χ0) is 18.8. The molecule has 1 aromatic carbocycles. The lowest BCUT2D eigenvalue weighted by atomic mass is 10.0. The normalized spacial score (nSPS) is 21.2. The predicted octanol–water partition coefficient (Wildman–Crippen LogP) is -0.801. The minimum Gasteiger partial charge on any atom is -0.390 e. The molecule has 0 bridgehead atoms. The summed E-state index contributed by atoms with van der Waals surface area (Å²) in [5, 5.41) is 11.9. The van der Waals surface area contributed by atoms with Gasteiger partial charge in [-0.25, -0.2) is 0 Å². The van der Waals surface area contributed by atoms with Crippen LogP contribution in [-0.4, -0.2) is 64.9 Å². The van der Waals surface area contributed by atoms with Crippen molar-refractivity contribution in [3.8, 4) is 0 Å². The first kappa shape index (κ1) is 18.5. The smallest absolute Gasteiger partial charge is 0.255 e. The third-order valence-electron chi connectivity index (χ3n) is 4.84. The SMILES string of the molecule is CN(Cc1ccc2c(c1)C(=O)N(C1CCC(=O)NC1=O)C2)CC(O)CN. The third kappa shape index (κ3) is 3.77. The van der Waals surface area contributed by atoms with Gasteiger partial charge in [-0.1, -0.05) is 12.1 Å². The third-order valence-corrected chi connectivity index (χ3v) is 4.84. The van der Waals surface area contributed by atoms with Crippen LogP contribution in [0.2, 0.25) is 0 Å². The Balaban J connectivity index is 1.71. The molecule has 2 unspecified atom stereocenters. The van der Waals surface area contributed by atoms with Gasteiger partial charge in [0.1, 0.15) is 6.04 Å². The number of likely N-dealkylation sites (N-methyl/N-ethyl adjacent to an activating group) is 1. The average molecular weight is 360 g/mol. The fourth-order valence-corrected chi connectivity index (χ4v) is 3.51. The van der Waals surface area contributed by atoms with Crippen LogP contribution in [0.4, 0.5) is 0 Å². The minimum atomic E-state index is -0.599. The van der Waals surface area contributed by atoms with Gasteiger partial charge >= 0.3 is 0 Å². The van der Waals surface area contributed by atoms with Crippen molar-refractivity contribution < 1.29 is 19.5 Å². The van der Waals surface area contributed by atoms with E-state index in [1.54, 1.807) is 0 Å². The zero-order valence-corrected chi connectivity index (χ0v) is 14.8. The number of piperidine rings is 1. The monoisotopic (exact) mass is 360 g/mol. The number of hydrogen-bond acceptors (Lipinski definition) is 6. The largest absolute Gasteiger partial charge is 0.390 e. The summed E-state index contributed by atoms with van der Waals surface area (Å²) in [7, 11) is 1.88. The van der Waals surface area contributed by atoms with Crippen LogP contribution in [0.1, 0.15) is 34.3 Å². The Kier molecular flexibility index (Phi) is 5.36. The number of aliphatic hydroxyl groups is 1. The maximum absolute atomic E-state index is 12.8. The summed E-state index contributed by atoms with van der Waals surface area (Å²) in [5.41, 5.74) is 7.86. The van der Waals surface area contributed by atoms with Gasteiger partial charge in [-0.15, -0.1) is 0 Å². The summed E-state index contributed by atoms with van der Waals surface area (Å²) in [6, 6.07) is 5.10. The van der Waals surface area contributed by atoms with Crippen LogP contribution in [0.15, 0.2) is 18.2 Å². The molecule has 0 spiro atoms. The number of aliphatic hydroxyl groups excluding tert-OH is 1. The van der Waals surface area contributed by atoms with Crippen molar-refractivity contribution >= 4 is 17.7 Å². The Morgan fingerprint density at radius 1 is 1.38 bits per heavy atom. The number of nitrogens with two attached hydrogens (primary N) is 1. The second-order valence-corrected chi connectivity index (χ2v) is 6.98. The lowest BCUT2D eigenvalue weighted by Crippen LogP contribution is -2.52. The Labute approximate surface area is 151 Å². The van der Waals surface area contributed by atoms with Crippen LogP contribution in [0.5, 0.6) is 0 Å². The molecule has 2 atom stereocenters. The van der Waals surface area contributed by atoms with Crippen LogP contribution in [0.3, 0.4) is 0 Å². The van der Waals surface area contributed by atoms with Crippen molar-refractivity contribution in [3.05, 3.63) is 34.9 Å². The summed E-state index contributed by atoms with van der Waals surface area (Å²) in [4.78, 5) is 39.6. The van der Waals surface area contributed by atoms with E-state index in [1.165, 1.54) is 4.90 Å². The van der Waals surface area contributed by atoms with Gasteiger partial charge in [0.15, 0.2) is 0 Å². The molecule has 0 radical (unpaired) electrons. The van der Waals surface area contributed by atoms with Crippen LogP contribution in [0, 0.1) is 0 Å². The molecule has 2 heterocycles. The Hall–Kier alpha value is -2.29. The fourth-order valence-electron chi connectivity index (χ4n) is 3.51. The summed E-state index contributed by atoms with van der Waals surface area (Å²) >= 11 is 0. The summed E-state index contributed by atoms with van der Waals surface area (Å²) < 4.78 is 0. The molecule has 1 aromatic rings. The van der Waals surface area contributed by atoms with E-state index < -0.39 is 18.1 Å². The van der Waals surface area contributed by atoms with E-state index in [1.807, 2.05) is 30.1 Å². The summed E-state index contributed by atoms with van der Waals surface area (Å²) in [6.07, 6.45) is 0.0200. The molecule has 1 saturated heterocycles. The molecule has 1 fully saturated rings. The van der Waals surface area contributed by atoms with Crippen molar-refractivity contribution in [2.45, 2.75) is 38.1 Å². The average Bonchev–Trinajstić information content (AvgIpc) is 2.91. The van der Waals surface area contributed by atoms with Crippen molar-refractivity contribution in [2.24, 2.45) is 5.73 Å². The Bertz CT molecular complexity index is 736. The first-order chi connectivity index (χ1) is 12.4. The molecule has 0 aromatic heterocycles. The molecule has 4 N–H and O–H groups in total. The molecule has 26 heavy (non-hydrogen) atoms. The number of imide groups is 1. The van der Waals surface area contributed by atoms with E-state index in [0.717, 1.165) is 11.1 Å². The van der Waals surface area contributed by atoms with Crippen molar-refractivity contribution in [2.75, 3.05) is 20.1 Å². The van der Waals surface area contributed by atoms with Gasteiger partial charge in [0, 0.05) is 38.2 Å². The lowest BCUT2D eigenvalue weighted by molar-refractivity contribution is -0.136. The van der Waals surface area contributed by atoms with Gasteiger partial charge in [0.05, 0.1) is 6.10 Å². The van der Waals surface area contributed by atoms with Crippen molar-refractivity contribution in [1.29, 1.82) is 0 Å². The van der Waals surface area contributed by atoms with Crippen molar-refractivity contribution in [3.63, 3.8) is 0 Å². The van der Waals surface area contributed by atoms with Crippen LogP contribution in [-0.2, 0) is 22.7 Å². The van der Waals surface area contributed by atoms with Gasteiger partial charge in [0.2, 0.25) is 11.8 Å². The molecule has 2 aliphatic heterocycles. The van der Waals surface area contributed by atoms with Gasteiger partial charge < -0.3 is 15.7 Å².